The van der Waals surface area contributed by atoms with E-state index in [4.69, 9.17) is 29.2 Å². The molecule has 2 unspecified atom stereocenters. The lowest BCUT2D eigenvalue weighted by molar-refractivity contribution is -0.145. The average Bonchev–Trinajstić information content (AvgIpc) is 3.59. The van der Waals surface area contributed by atoms with Crippen molar-refractivity contribution in [2.24, 2.45) is 11.8 Å². The van der Waals surface area contributed by atoms with Gasteiger partial charge in [0.05, 0.1) is 63.7 Å². The Balaban J connectivity index is 1.30. The molecule has 0 bridgehead atoms. The minimum absolute atomic E-state index is 0.0638. The largest absolute Gasteiger partial charge is 0.493 e. The maximum Gasteiger partial charge on any atom is 0.306 e. The summed E-state index contributed by atoms with van der Waals surface area (Å²) in [4.78, 5) is 59.4. The highest BCUT2D eigenvalue weighted by atomic mass is 16.5. The van der Waals surface area contributed by atoms with Crippen molar-refractivity contribution in [3.63, 3.8) is 0 Å². The molecule has 2 amide bonds. The zero-order valence-corrected chi connectivity index (χ0v) is 24.6. The first-order chi connectivity index (χ1) is 20.5. The van der Waals surface area contributed by atoms with E-state index < -0.39 is 23.8 Å². The van der Waals surface area contributed by atoms with E-state index in [0.717, 1.165) is 11.1 Å². The van der Waals surface area contributed by atoms with Crippen molar-refractivity contribution < 1.29 is 48.3 Å². The number of carbonyl (C=O) groups is 4. The van der Waals surface area contributed by atoms with Gasteiger partial charge >= 0.3 is 11.9 Å². The summed E-state index contributed by atoms with van der Waals surface area (Å²) in [5, 5.41) is 18.2. The van der Waals surface area contributed by atoms with E-state index in [-0.39, 0.29) is 56.1 Å². The fourth-order valence-electron chi connectivity index (χ4n) is 4.76. The number of carboxylic acid groups (broad SMARTS) is 2. The maximum absolute atomic E-state index is 12.6. The number of hydrogen-bond donors (Lipinski definition) is 2. The lowest BCUT2D eigenvalue weighted by atomic mass is 10.1. The fourth-order valence-corrected chi connectivity index (χ4v) is 4.76. The molecule has 0 fully saturated rings. The third-order valence-electron chi connectivity index (χ3n) is 7.37. The second kappa shape index (κ2) is 13.6. The molecule has 2 aromatic rings. The molecule has 2 aliphatic rings. The average molecular weight is 601 g/mol. The van der Waals surface area contributed by atoms with Gasteiger partial charge in [0.25, 0.3) is 11.8 Å². The second-order valence-corrected chi connectivity index (χ2v) is 10.6. The Kier molecular flexibility index (Phi) is 9.88. The molecule has 232 valence electrons. The van der Waals surface area contributed by atoms with Gasteiger partial charge in [-0.1, -0.05) is 13.8 Å². The zero-order valence-electron chi connectivity index (χ0n) is 24.6. The first kappa shape index (κ1) is 31.3. The normalized spacial score (nSPS) is 14.9. The predicted octanol–water partition coefficient (Wildman–Crippen LogP) is 2.25. The molecule has 4 rings (SSSR count). The molecule has 0 radical (unpaired) electrons. The van der Waals surface area contributed by atoms with Crippen molar-refractivity contribution in [2.75, 3.05) is 27.4 Å². The van der Waals surface area contributed by atoms with Gasteiger partial charge in [-0.15, -0.1) is 0 Å². The number of amides is 2. The number of rotatable bonds is 14. The van der Waals surface area contributed by atoms with E-state index in [1.807, 2.05) is 12.1 Å². The van der Waals surface area contributed by atoms with Crippen molar-refractivity contribution >= 4 is 23.8 Å². The quantitative estimate of drug-likeness (QED) is 0.303. The summed E-state index contributed by atoms with van der Waals surface area (Å²) in [7, 11) is 2.98. The zero-order chi connectivity index (χ0) is 31.3. The Morgan fingerprint density at radius 1 is 0.744 bits per heavy atom. The Hall–Kier alpha value is -4.62. The van der Waals surface area contributed by atoms with Crippen LogP contribution in [0.2, 0.25) is 0 Å². The smallest absolute Gasteiger partial charge is 0.306 e. The molecule has 0 spiro atoms. The van der Waals surface area contributed by atoms with Crippen LogP contribution in [-0.4, -0.2) is 81.2 Å². The molecule has 1 aromatic carbocycles. The second-order valence-electron chi connectivity index (χ2n) is 10.6. The van der Waals surface area contributed by atoms with E-state index in [2.05, 4.69) is 9.97 Å². The van der Waals surface area contributed by atoms with E-state index in [9.17, 15) is 19.2 Å². The third kappa shape index (κ3) is 7.43. The molecule has 43 heavy (non-hydrogen) atoms. The molecule has 0 saturated heterocycles. The van der Waals surface area contributed by atoms with Gasteiger partial charge in [0, 0.05) is 32.4 Å². The van der Waals surface area contributed by atoms with Gasteiger partial charge in [0.1, 0.15) is 0 Å². The summed E-state index contributed by atoms with van der Waals surface area (Å²) < 4.78 is 22.6. The number of benzene rings is 1. The molecule has 2 aliphatic heterocycles. The van der Waals surface area contributed by atoms with Crippen LogP contribution in [0.4, 0.5) is 0 Å². The molecular formula is C29H36N4O10. The molecular weight excluding hydrogens is 564 g/mol. The summed E-state index contributed by atoms with van der Waals surface area (Å²) in [6, 6.07) is 3.67. The number of aromatic nitrogens is 2. The summed E-state index contributed by atoms with van der Waals surface area (Å²) in [6.07, 6.45) is 0.310. The lowest BCUT2D eigenvalue weighted by Crippen LogP contribution is -2.28. The van der Waals surface area contributed by atoms with E-state index >= 15 is 0 Å². The first-order valence-electron chi connectivity index (χ1n) is 13.9. The van der Waals surface area contributed by atoms with Crippen LogP contribution >= 0.6 is 0 Å². The van der Waals surface area contributed by atoms with Crippen LogP contribution < -0.4 is 18.9 Å². The summed E-state index contributed by atoms with van der Waals surface area (Å²) in [5.74, 6) is -2.67. The van der Waals surface area contributed by atoms with Crippen LogP contribution in [0.15, 0.2) is 12.1 Å². The van der Waals surface area contributed by atoms with Gasteiger partial charge in [-0.05, 0) is 23.3 Å². The van der Waals surface area contributed by atoms with Crippen LogP contribution in [0.5, 0.6) is 23.3 Å². The van der Waals surface area contributed by atoms with Crippen molar-refractivity contribution in [3.8, 4) is 23.3 Å². The Labute approximate surface area is 248 Å². The Bertz CT molecular complexity index is 1290. The van der Waals surface area contributed by atoms with Crippen LogP contribution in [-0.2, 0) is 45.4 Å². The highest BCUT2D eigenvalue weighted by molar-refractivity contribution is 5.83. The van der Waals surface area contributed by atoms with Crippen molar-refractivity contribution in [1.82, 2.24) is 19.8 Å². The van der Waals surface area contributed by atoms with E-state index in [1.165, 1.54) is 33.0 Å². The topological polar surface area (TPSA) is 178 Å². The molecule has 1 aromatic heterocycles. The highest BCUT2D eigenvalue weighted by Gasteiger charge is 2.30. The molecule has 2 atom stereocenters. The maximum atomic E-state index is 12.6. The summed E-state index contributed by atoms with van der Waals surface area (Å²) >= 11 is 0. The Morgan fingerprint density at radius 3 is 1.74 bits per heavy atom. The standard InChI is InChI=1S/C29H36N4O10/c1-16(28(36)37)8-24(34)32-12-18-10-22(40-3)23(11-19(18)13-32)42-6-5-7-43-27-26(41-4)30-20-14-33(15-21(20)31-27)25(35)9-17(2)29(38)39/h10-11,16-17H,5-9,12-15H2,1-4H3,(H,36,37)(H,38,39). The number of carboxylic acids is 2. The molecule has 0 aliphatic carbocycles. The fraction of sp³-hybridized carbons (Fsp3) is 0.517. The summed E-state index contributed by atoms with van der Waals surface area (Å²) in [6.45, 7) is 4.69. The number of fused-ring (bicyclic) bond motifs is 2. The van der Waals surface area contributed by atoms with Gasteiger partial charge in [0.2, 0.25) is 11.8 Å². The van der Waals surface area contributed by atoms with Gasteiger partial charge in [-0.2, -0.15) is 0 Å². The van der Waals surface area contributed by atoms with Crippen LogP contribution in [0.1, 0.15) is 55.6 Å². The van der Waals surface area contributed by atoms with Gasteiger partial charge in [-0.25, -0.2) is 9.97 Å². The number of hydrogen-bond acceptors (Lipinski definition) is 10. The number of nitrogens with zero attached hydrogens (tertiary/aromatic N) is 4. The Morgan fingerprint density at radius 2 is 1.23 bits per heavy atom. The van der Waals surface area contributed by atoms with Crippen molar-refractivity contribution in [2.45, 2.75) is 59.3 Å². The molecule has 0 saturated carbocycles. The van der Waals surface area contributed by atoms with Crippen LogP contribution in [0.25, 0.3) is 0 Å². The van der Waals surface area contributed by atoms with Crippen LogP contribution in [0, 0.1) is 11.8 Å². The monoisotopic (exact) mass is 600 g/mol. The minimum Gasteiger partial charge on any atom is -0.493 e. The van der Waals surface area contributed by atoms with Gasteiger partial charge in [0.15, 0.2) is 11.5 Å². The number of aliphatic carboxylic acids is 2. The molecule has 2 N–H and O–H groups in total. The number of carbonyl (C=O) groups excluding carboxylic acids is 2. The molecule has 3 heterocycles. The highest BCUT2D eigenvalue weighted by Crippen LogP contribution is 2.36. The first-order valence-corrected chi connectivity index (χ1v) is 13.9. The van der Waals surface area contributed by atoms with Gasteiger partial charge in [-0.3, -0.25) is 19.2 Å². The molecule has 14 heteroatoms. The van der Waals surface area contributed by atoms with Crippen molar-refractivity contribution in [1.29, 1.82) is 0 Å². The third-order valence-corrected chi connectivity index (χ3v) is 7.37. The number of methoxy groups -OCH3 is 2. The molecule has 14 nitrogen and oxygen atoms in total. The predicted molar refractivity (Wildman–Crippen MR) is 149 cm³/mol. The van der Waals surface area contributed by atoms with E-state index in [1.54, 1.807) is 4.90 Å². The van der Waals surface area contributed by atoms with Gasteiger partial charge < -0.3 is 39.0 Å². The SMILES string of the molecule is COc1cc2c(cc1OCCCOc1nc3c(nc1OC)CN(C(=O)CC(C)C(=O)O)C3)CN(C(=O)CC(C)C(=O)O)C2. The van der Waals surface area contributed by atoms with Crippen molar-refractivity contribution in [3.05, 3.63) is 34.6 Å². The minimum atomic E-state index is -1.03. The van der Waals surface area contributed by atoms with E-state index in [0.29, 0.717) is 49.0 Å². The number of ether oxygens (including phenoxy) is 4. The lowest BCUT2D eigenvalue weighted by Gasteiger charge is -2.16. The van der Waals surface area contributed by atoms with Crippen LogP contribution in [0.3, 0.4) is 0 Å². The summed E-state index contributed by atoms with van der Waals surface area (Å²) in [5.41, 5.74) is 2.97.